The Balaban J connectivity index is 1.07. The van der Waals surface area contributed by atoms with Crippen LogP contribution >= 0.6 is 0 Å². The fourth-order valence-electron chi connectivity index (χ4n) is 4.97. The van der Waals surface area contributed by atoms with Gasteiger partial charge in [-0.2, -0.15) is 5.10 Å². The van der Waals surface area contributed by atoms with Crippen molar-refractivity contribution >= 4 is 23.4 Å². The molecule has 1 saturated carbocycles. The molecule has 9 nitrogen and oxygen atoms in total. The molecule has 6 rings (SSSR count). The zero-order valence-corrected chi connectivity index (χ0v) is 19.3. The number of aromatic nitrogens is 5. The van der Waals surface area contributed by atoms with Crippen molar-refractivity contribution in [2.45, 2.75) is 31.3 Å². The summed E-state index contributed by atoms with van der Waals surface area (Å²) < 4.78 is 34.6. The van der Waals surface area contributed by atoms with Gasteiger partial charge in [-0.15, -0.1) is 10.2 Å². The summed E-state index contributed by atoms with van der Waals surface area (Å²) in [5.74, 6) is 0.292. The van der Waals surface area contributed by atoms with Crippen LogP contribution in [-0.4, -0.2) is 49.6 Å². The molecule has 1 saturated heterocycles. The summed E-state index contributed by atoms with van der Waals surface area (Å²) in [6, 6.07) is 10.5. The van der Waals surface area contributed by atoms with E-state index in [0.29, 0.717) is 41.0 Å². The highest BCUT2D eigenvalue weighted by Crippen LogP contribution is 2.40. The third kappa shape index (κ3) is 4.32. The smallest absolute Gasteiger partial charge is 0.416 e. The number of nitrogens with zero attached hydrogens (tertiary/aromatic N) is 6. The van der Waals surface area contributed by atoms with Crippen LogP contribution in [0.2, 0.25) is 0 Å². The van der Waals surface area contributed by atoms with Gasteiger partial charge in [0.25, 0.3) is 0 Å². The van der Waals surface area contributed by atoms with E-state index in [0.717, 1.165) is 38.3 Å². The van der Waals surface area contributed by atoms with Gasteiger partial charge >= 0.3 is 6.09 Å². The zero-order valence-electron chi connectivity index (χ0n) is 19.3. The fourth-order valence-corrected chi connectivity index (χ4v) is 4.97. The van der Waals surface area contributed by atoms with Gasteiger partial charge in [0.15, 0.2) is 11.5 Å². The standard InChI is InChI=1S/C25H23F2N7O2/c26-18-10-17(11-19(27)12-18)20-14-34-22(30-20)4-3-21(32-34)28-13-16-5-7-25(8-6-16)15-33(24(35)36-25)23-2-1-9-29-31-23/h1-4,9-12,14,16H,5-8,13,15H2,(H,28,32). The number of hydrogen-bond donors (Lipinski definition) is 1. The summed E-state index contributed by atoms with van der Waals surface area (Å²) >= 11 is 0. The van der Waals surface area contributed by atoms with Crippen LogP contribution in [0.15, 0.2) is 54.9 Å². The molecule has 11 heteroatoms. The van der Waals surface area contributed by atoms with Crippen LogP contribution in [0.4, 0.5) is 25.2 Å². The van der Waals surface area contributed by atoms with Crippen LogP contribution in [0, 0.1) is 17.6 Å². The Bertz CT molecular complexity index is 1400. The third-order valence-corrected chi connectivity index (χ3v) is 6.87. The highest BCUT2D eigenvalue weighted by atomic mass is 19.1. The maximum absolute atomic E-state index is 13.6. The first-order valence-corrected chi connectivity index (χ1v) is 11.8. The van der Waals surface area contributed by atoms with E-state index in [1.54, 1.807) is 33.9 Å². The highest BCUT2D eigenvalue weighted by molar-refractivity contribution is 5.89. The van der Waals surface area contributed by atoms with Crippen molar-refractivity contribution in [2.75, 3.05) is 23.3 Å². The van der Waals surface area contributed by atoms with Crippen molar-refractivity contribution in [3.8, 4) is 11.3 Å². The fraction of sp³-hybridized carbons (Fsp3) is 0.320. The summed E-state index contributed by atoms with van der Waals surface area (Å²) in [6.07, 6.45) is 6.24. The number of halogens is 2. The number of hydrogen-bond acceptors (Lipinski definition) is 7. The first kappa shape index (κ1) is 22.3. The van der Waals surface area contributed by atoms with Crippen LogP contribution in [0.3, 0.4) is 0 Å². The number of fused-ring (bicyclic) bond motifs is 1. The first-order valence-electron chi connectivity index (χ1n) is 11.8. The van der Waals surface area contributed by atoms with Crippen molar-refractivity contribution in [3.63, 3.8) is 0 Å². The van der Waals surface area contributed by atoms with Crippen LogP contribution in [0.5, 0.6) is 0 Å². The minimum absolute atomic E-state index is 0.356. The molecule has 184 valence electrons. The molecule has 0 unspecified atom stereocenters. The molecule has 1 aliphatic carbocycles. The van der Waals surface area contributed by atoms with E-state index in [1.165, 1.54) is 12.1 Å². The number of imidazole rings is 1. The third-order valence-electron chi connectivity index (χ3n) is 6.87. The molecule has 3 aromatic heterocycles. The van der Waals surface area contributed by atoms with E-state index in [1.807, 2.05) is 12.1 Å². The van der Waals surface area contributed by atoms with Crippen LogP contribution in [-0.2, 0) is 4.74 Å². The molecule has 4 aromatic rings. The minimum atomic E-state index is -0.652. The van der Waals surface area contributed by atoms with Crippen LogP contribution < -0.4 is 10.2 Å². The van der Waals surface area contributed by atoms with Crippen molar-refractivity contribution in [2.24, 2.45) is 5.92 Å². The lowest BCUT2D eigenvalue weighted by Gasteiger charge is -2.35. The number of anilines is 2. The zero-order chi connectivity index (χ0) is 24.7. The number of amides is 1. The molecule has 2 fully saturated rings. The van der Waals surface area contributed by atoms with Gasteiger partial charge in [-0.3, -0.25) is 4.90 Å². The molecule has 0 atom stereocenters. The van der Waals surface area contributed by atoms with E-state index in [4.69, 9.17) is 4.74 Å². The van der Waals surface area contributed by atoms with Gasteiger partial charge < -0.3 is 10.1 Å². The topological polar surface area (TPSA) is 97.5 Å². The molecule has 4 heterocycles. The van der Waals surface area contributed by atoms with Crippen molar-refractivity contribution in [1.82, 2.24) is 24.8 Å². The van der Waals surface area contributed by atoms with Gasteiger partial charge in [-0.1, -0.05) is 0 Å². The Morgan fingerprint density at radius 3 is 2.67 bits per heavy atom. The number of ether oxygens (including phenoxy) is 1. The Morgan fingerprint density at radius 2 is 1.92 bits per heavy atom. The van der Waals surface area contributed by atoms with Gasteiger partial charge in [0.05, 0.1) is 18.4 Å². The molecule has 1 aliphatic heterocycles. The van der Waals surface area contributed by atoms with Gasteiger partial charge in [0, 0.05) is 24.4 Å². The average Bonchev–Trinajstić information content (AvgIpc) is 3.44. The molecular formula is C25H23F2N7O2. The first-order chi connectivity index (χ1) is 17.5. The van der Waals surface area contributed by atoms with E-state index >= 15 is 0 Å². The number of benzene rings is 1. The summed E-state index contributed by atoms with van der Waals surface area (Å²) in [7, 11) is 0. The molecule has 1 aromatic carbocycles. The Morgan fingerprint density at radius 1 is 1.11 bits per heavy atom. The molecular weight excluding hydrogens is 468 g/mol. The summed E-state index contributed by atoms with van der Waals surface area (Å²) in [6.45, 7) is 1.22. The Hall–Kier alpha value is -4.15. The number of rotatable bonds is 5. The highest BCUT2D eigenvalue weighted by Gasteiger charge is 2.48. The summed E-state index contributed by atoms with van der Waals surface area (Å²) in [5.41, 5.74) is 0.896. The quantitative estimate of drug-likeness (QED) is 0.440. The van der Waals surface area contributed by atoms with Gasteiger partial charge in [-0.05, 0) is 68.0 Å². The Kier molecular flexibility index (Phi) is 5.46. The van der Waals surface area contributed by atoms with Gasteiger partial charge in [-0.25, -0.2) is 23.1 Å². The van der Waals surface area contributed by atoms with E-state index in [9.17, 15) is 13.6 Å². The molecule has 0 bridgehead atoms. The van der Waals surface area contributed by atoms with Gasteiger partial charge in [0.2, 0.25) is 0 Å². The molecule has 36 heavy (non-hydrogen) atoms. The van der Waals surface area contributed by atoms with E-state index in [2.05, 4.69) is 25.6 Å². The SMILES string of the molecule is O=C1OC2(CCC(CNc3ccc4nc(-c5cc(F)cc(F)c5)cn4n3)CC2)CN1c1cccnn1. The van der Waals surface area contributed by atoms with Crippen LogP contribution in [0.25, 0.3) is 16.9 Å². The second-order valence-electron chi connectivity index (χ2n) is 9.35. The lowest BCUT2D eigenvalue weighted by atomic mass is 9.78. The lowest BCUT2D eigenvalue weighted by Crippen LogP contribution is -2.39. The second kappa shape index (κ2) is 8.81. The average molecular weight is 492 g/mol. The number of nitrogens with one attached hydrogen (secondary N) is 1. The lowest BCUT2D eigenvalue weighted by molar-refractivity contribution is 0.0148. The van der Waals surface area contributed by atoms with E-state index < -0.39 is 17.2 Å². The number of carbonyl (C=O) groups is 1. The maximum atomic E-state index is 13.6. The second-order valence-corrected chi connectivity index (χ2v) is 9.35. The van der Waals surface area contributed by atoms with Crippen molar-refractivity contribution in [1.29, 1.82) is 0 Å². The summed E-state index contributed by atoms with van der Waals surface area (Å²) in [4.78, 5) is 18.4. The molecule has 1 spiro atoms. The maximum Gasteiger partial charge on any atom is 0.416 e. The molecule has 0 radical (unpaired) electrons. The molecule has 1 N–H and O–H groups in total. The van der Waals surface area contributed by atoms with E-state index in [-0.39, 0.29) is 6.09 Å². The van der Waals surface area contributed by atoms with Crippen LogP contribution in [0.1, 0.15) is 25.7 Å². The normalized spacial score (nSPS) is 21.8. The largest absolute Gasteiger partial charge is 0.441 e. The minimum Gasteiger partial charge on any atom is -0.441 e. The predicted octanol–water partition coefficient (Wildman–Crippen LogP) is 4.46. The van der Waals surface area contributed by atoms with Crippen molar-refractivity contribution in [3.05, 3.63) is 66.5 Å². The molecule has 1 amide bonds. The summed E-state index contributed by atoms with van der Waals surface area (Å²) in [5, 5.41) is 15.8. The number of carbonyl (C=O) groups excluding carboxylic acids is 1. The predicted molar refractivity (Wildman–Crippen MR) is 127 cm³/mol. The van der Waals surface area contributed by atoms with Crippen molar-refractivity contribution < 1.29 is 18.3 Å². The Labute approximate surface area is 205 Å². The molecule has 2 aliphatic rings. The van der Waals surface area contributed by atoms with Gasteiger partial charge in [0.1, 0.15) is 23.1 Å². The monoisotopic (exact) mass is 491 g/mol.